The standard InChI is InChI=1S/C16H23NO3/c1-4-14(11-18)17-16(19)9-8-13-6-5-7-15(10-13)20-12(2)3/h5-10,12,14,18H,4,11H2,1-3H3,(H,17,19)/b9-8+. The summed E-state index contributed by atoms with van der Waals surface area (Å²) in [6, 6.07) is 7.37. The zero-order chi connectivity index (χ0) is 15.0. The van der Waals surface area contributed by atoms with E-state index >= 15 is 0 Å². The van der Waals surface area contributed by atoms with Crippen LogP contribution < -0.4 is 10.1 Å². The monoisotopic (exact) mass is 277 g/mol. The minimum Gasteiger partial charge on any atom is -0.491 e. The maximum Gasteiger partial charge on any atom is 0.244 e. The number of hydrogen-bond acceptors (Lipinski definition) is 3. The van der Waals surface area contributed by atoms with Crippen molar-refractivity contribution in [3.8, 4) is 5.75 Å². The molecule has 0 spiro atoms. The van der Waals surface area contributed by atoms with Crippen molar-refractivity contribution >= 4 is 12.0 Å². The number of nitrogens with one attached hydrogen (secondary N) is 1. The molecule has 0 aliphatic rings. The summed E-state index contributed by atoms with van der Waals surface area (Å²) in [5.41, 5.74) is 0.898. The van der Waals surface area contributed by atoms with E-state index in [1.54, 1.807) is 6.08 Å². The number of aliphatic hydroxyl groups is 1. The number of hydrogen-bond donors (Lipinski definition) is 2. The Morgan fingerprint density at radius 2 is 2.20 bits per heavy atom. The predicted molar refractivity (Wildman–Crippen MR) is 80.5 cm³/mol. The molecule has 4 heteroatoms. The molecule has 1 unspecified atom stereocenters. The molecule has 0 saturated carbocycles. The van der Waals surface area contributed by atoms with E-state index < -0.39 is 0 Å². The summed E-state index contributed by atoms with van der Waals surface area (Å²) in [7, 11) is 0. The molecule has 0 bridgehead atoms. The van der Waals surface area contributed by atoms with Gasteiger partial charge in [-0.1, -0.05) is 19.1 Å². The molecule has 4 nitrogen and oxygen atoms in total. The molecular weight excluding hydrogens is 254 g/mol. The average Bonchev–Trinajstić information content (AvgIpc) is 2.42. The quantitative estimate of drug-likeness (QED) is 0.752. The van der Waals surface area contributed by atoms with Gasteiger partial charge in [0.25, 0.3) is 0 Å². The van der Waals surface area contributed by atoms with Crippen LogP contribution in [0.1, 0.15) is 32.8 Å². The second-order valence-corrected chi connectivity index (χ2v) is 4.87. The van der Waals surface area contributed by atoms with Crippen molar-refractivity contribution in [3.63, 3.8) is 0 Å². The number of benzene rings is 1. The topological polar surface area (TPSA) is 58.6 Å². The molecule has 0 saturated heterocycles. The fourth-order valence-electron chi connectivity index (χ4n) is 1.66. The summed E-state index contributed by atoms with van der Waals surface area (Å²) in [6.45, 7) is 5.80. The van der Waals surface area contributed by atoms with E-state index in [4.69, 9.17) is 9.84 Å². The van der Waals surface area contributed by atoms with Gasteiger partial charge in [-0.05, 0) is 44.0 Å². The van der Waals surface area contributed by atoms with Gasteiger partial charge in [0.15, 0.2) is 0 Å². The number of rotatable bonds is 7. The summed E-state index contributed by atoms with van der Waals surface area (Å²) >= 11 is 0. The summed E-state index contributed by atoms with van der Waals surface area (Å²) in [5, 5.41) is 11.8. The summed E-state index contributed by atoms with van der Waals surface area (Å²) in [4.78, 5) is 11.7. The fraction of sp³-hybridized carbons (Fsp3) is 0.438. The third-order valence-electron chi connectivity index (χ3n) is 2.72. The van der Waals surface area contributed by atoms with Crippen molar-refractivity contribution in [2.45, 2.75) is 39.3 Å². The van der Waals surface area contributed by atoms with Crippen LogP contribution in [0.4, 0.5) is 0 Å². The highest BCUT2D eigenvalue weighted by Crippen LogP contribution is 2.15. The van der Waals surface area contributed by atoms with E-state index in [1.165, 1.54) is 6.08 Å². The second kappa shape index (κ2) is 8.38. The van der Waals surface area contributed by atoms with E-state index in [1.807, 2.05) is 45.0 Å². The Bertz CT molecular complexity index is 451. The summed E-state index contributed by atoms with van der Waals surface area (Å²) in [5.74, 6) is 0.574. The minimum atomic E-state index is -0.207. The largest absolute Gasteiger partial charge is 0.491 e. The van der Waals surface area contributed by atoms with Gasteiger partial charge in [-0.3, -0.25) is 4.79 Å². The normalized spacial score (nSPS) is 12.7. The Labute approximate surface area is 120 Å². The van der Waals surface area contributed by atoms with Gasteiger partial charge in [-0.2, -0.15) is 0 Å². The Morgan fingerprint density at radius 3 is 2.80 bits per heavy atom. The minimum absolute atomic E-state index is 0.0478. The Hall–Kier alpha value is -1.81. The highest BCUT2D eigenvalue weighted by molar-refractivity contribution is 5.91. The lowest BCUT2D eigenvalue weighted by Crippen LogP contribution is -2.35. The Morgan fingerprint density at radius 1 is 1.45 bits per heavy atom. The molecule has 0 aromatic heterocycles. The lowest BCUT2D eigenvalue weighted by molar-refractivity contribution is -0.117. The van der Waals surface area contributed by atoms with Crippen LogP contribution in [0.25, 0.3) is 6.08 Å². The highest BCUT2D eigenvalue weighted by atomic mass is 16.5. The Balaban J connectivity index is 2.63. The van der Waals surface area contributed by atoms with Crippen LogP contribution in [0.3, 0.4) is 0 Å². The van der Waals surface area contributed by atoms with Gasteiger partial charge >= 0.3 is 0 Å². The molecule has 110 valence electrons. The van der Waals surface area contributed by atoms with Gasteiger partial charge < -0.3 is 15.2 Å². The predicted octanol–water partition coefficient (Wildman–Crippen LogP) is 2.37. The van der Waals surface area contributed by atoms with Crippen LogP contribution in [0.5, 0.6) is 5.75 Å². The molecule has 1 atom stereocenters. The first-order chi connectivity index (χ1) is 9.55. The van der Waals surface area contributed by atoms with Crippen LogP contribution in [-0.2, 0) is 4.79 Å². The first kappa shape index (κ1) is 16.2. The van der Waals surface area contributed by atoms with Crippen molar-refractivity contribution in [3.05, 3.63) is 35.9 Å². The molecule has 20 heavy (non-hydrogen) atoms. The van der Waals surface area contributed by atoms with E-state index in [0.717, 1.165) is 11.3 Å². The average molecular weight is 277 g/mol. The van der Waals surface area contributed by atoms with Crippen molar-refractivity contribution < 1.29 is 14.6 Å². The molecule has 0 aliphatic heterocycles. The van der Waals surface area contributed by atoms with E-state index in [-0.39, 0.29) is 24.7 Å². The fourth-order valence-corrected chi connectivity index (χ4v) is 1.66. The summed E-state index contributed by atoms with van der Waals surface area (Å²) < 4.78 is 5.59. The van der Waals surface area contributed by atoms with Crippen molar-refractivity contribution in [1.82, 2.24) is 5.32 Å². The molecule has 0 heterocycles. The molecule has 0 radical (unpaired) electrons. The molecule has 1 rings (SSSR count). The number of ether oxygens (including phenoxy) is 1. The molecule has 2 N–H and O–H groups in total. The van der Waals surface area contributed by atoms with Crippen LogP contribution in [0.2, 0.25) is 0 Å². The molecule has 1 aromatic rings. The van der Waals surface area contributed by atoms with Gasteiger partial charge in [-0.25, -0.2) is 0 Å². The molecular formula is C16H23NO3. The molecule has 1 amide bonds. The smallest absolute Gasteiger partial charge is 0.244 e. The van der Waals surface area contributed by atoms with Crippen molar-refractivity contribution in [1.29, 1.82) is 0 Å². The maximum absolute atomic E-state index is 11.7. The number of amides is 1. The molecule has 1 aromatic carbocycles. The first-order valence-electron chi connectivity index (χ1n) is 6.91. The van der Waals surface area contributed by atoms with Gasteiger partial charge in [0.1, 0.15) is 5.75 Å². The first-order valence-corrected chi connectivity index (χ1v) is 6.91. The van der Waals surface area contributed by atoms with Crippen LogP contribution in [0, 0.1) is 0 Å². The third-order valence-corrected chi connectivity index (χ3v) is 2.72. The molecule has 0 fully saturated rings. The van der Waals surface area contributed by atoms with Gasteiger partial charge in [0.05, 0.1) is 18.8 Å². The number of carbonyl (C=O) groups is 1. The van der Waals surface area contributed by atoms with E-state index in [9.17, 15) is 4.79 Å². The van der Waals surface area contributed by atoms with Gasteiger partial charge in [-0.15, -0.1) is 0 Å². The summed E-state index contributed by atoms with van der Waals surface area (Å²) in [6.07, 6.45) is 4.01. The van der Waals surface area contributed by atoms with E-state index in [0.29, 0.717) is 6.42 Å². The SMILES string of the molecule is CCC(CO)NC(=O)/C=C/c1cccc(OC(C)C)c1. The van der Waals surface area contributed by atoms with Gasteiger partial charge in [0, 0.05) is 6.08 Å². The second-order valence-electron chi connectivity index (χ2n) is 4.87. The number of aliphatic hydroxyl groups excluding tert-OH is 1. The van der Waals surface area contributed by atoms with Gasteiger partial charge in [0.2, 0.25) is 5.91 Å². The maximum atomic E-state index is 11.7. The van der Waals surface area contributed by atoms with Crippen molar-refractivity contribution in [2.24, 2.45) is 0 Å². The lowest BCUT2D eigenvalue weighted by Gasteiger charge is -2.12. The van der Waals surface area contributed by atoms with Crippen LogP contribution >= 0.6 is 0 Å². The zero-order valence-corrected chi connectivity index (χ0v) is 12.3. The van der Waals surface area contributed by atoms with Crippen LogP contribution in [0.15, 0.2) is 30.3 Å². The van der Waals surface area contributed by atoms with E-state index in [2.05, 4.69) is 5.32 Å². The Kier molecular flexibility index (Phi) is 6.81. The zero-order valence-electron chi connectivity index (χ0n) is 12.3. The molecule has 0 aliphatic carbocycles. The lowest BCUT2D eigenvalue weighted by atomic mass is 10.2. The third kappa shape index (κ3) is 5.89. The number of carbonyl (C=O) groups excluding carboxylic acids is 1. The highest BCUT2D eigenvalue weighted by Gasteiger charge is 2.06. The van der Waals surface area contributed by atoms with Crippen LogP contribution in [-0.4, -0.2) is 29.8 Å². The van der Waals surface area contributed by atoms with Crippen molar-refractivity contribution in [2.75, 3.05) is 6.61 Å².